The van der Waals surface area contributed by atoms with Gasteiger partial charge in [0.15, 0.2) is 0 Å². The minimum atomic E-state index is 0.332. The first-order valence-electron chi connectivity index (χ1n) is 3.88. The van der Waals surface area contributed by atoms with Gasteiger partial charge in [0.05, 0.1) is 6.54 Å². The van der Waals surface area contributed by atoms with Gasteiger partial charge in [0, 0.05) is 6.42 Å². The SMILES string of the molecule is CCCCc1nnc(CN)o1. The molecule has 1 aromatic rings. The lowest BCUT2D eigenvalue weighted by Crippen LogP contribution is -1.95. The van der Waals surface area contributed by atoms with Crippen LogP contribution < -0.4 is 5.73 Å². The van der Waals surface area contributed by atoms with Gasteiger partial charge < -0.3 is 10.2 Å². The Morgan fingerprint density at radius 1 is 1.36 bits per heavy atom. The Balaban J connectivity index is 2.44. The van der Waals surface area contributed by atoms with Crippen molar-refractivity contribution in [2.75, 3.05) is 0 Å². The maximum Gasteiger partial charge on any atom is 0.230 e. The molecule has 0 saturated heterocycles. The van der Waals surface area contributed by atoms with Gasteiger partial charge in [-0.2, -0.15) is 0 Å². The Hall–Kier alpha value is -0.900. The number of rotatable bonds is 4. The molecule has 0 atom stereocenters. The Kier molecular flexibility index (Phi) is 3.04. The van der Waals surface area contributed by atoms with Crippen molar-refractivity contribution in [1.82, 2.24) is 10.2 Å². The van der Waals surface area contributed by atoms with Gasteiger partial charge in [-0.3, -0.25) is 0 Å². The molecule has 0 bridgehead atoms. The second kappa shape index (κ2) is 4.08. The number of aromatic nitrogens is 2. The summed E-state index contributed by atoms with van der Waals surface area (Å²) in [5.41, 5.74) is 5.30. The molecule has 2 N–H and O–H groups in total. The minimum absolute atomic E-state index is 0.332. The number of unbranched alkanes of at least 4 members (excludes halogenated alkanes) is 1. The molecule has 0 unspecified atom stereocenters. The highest BCUT2D eigenvalue weighted by Gasteiger charge is 2.01. The van der Waals surface area contributed by atoms with E-state index in [0.29, 0.717) is 18.3 Å². The number of aryl methyl sites for hydroxylation is 1. The normalized spacial score (nSPS) is 10.4. The largest absolute Gasteiger partial charge is 0.424 e. The molecule has 1 rings (SSSR count). The Bertz CT molecular complexity index is 209. The molecular weight excluding hydrogens is 142 g/mol. The van der Waals surface area contributed by atoms with E-state index >= 15 is 0 Å². The van der Waals surface area contributed by atoms with E-state index in [1.54, 1.807) is 0 Å². The van der Waals surface area contributed by atoms with Crippen molar-refractivity contribution in [2.45, 2.75) is 32.7 Å². The van der Waals surface area contributed by atoms with Crippen LogP contribution in [0.5, 0.6) is 0 Å². The number of hydrogen-bond donors (Lipinski definition) is 1. The van der Waals surface area contributed by atoms with Crippen molar-refractivity contribution in [3.8, 4) is 0 Å². The highest BCUT2D eigenvalue weighted by atomic mass is 16.4. The minimum Gasteiger partial charge on any atom is -0.424 e. The van der Waals surface area contributed by atoms with E-state index in [-0.39, 0.29) is 0 Å². The first-order chi connectivity index (χ1) is 5.36. The first-order valence-corrected chi connectivity index (χ1v) is 3.88. The van der Waals surface area contributed by atoms with E-state index in [0.717, 1.165) is 19.3 Å². The number of hydrogen-bond acceptors (Lipinski definition) is 4. The predicted molar refractivity (Wildman–Crippen MR) is 40.8 cm³/mol. The summed E-state index contributed by atoms with van der Waals surface area (Å²) in [7, 11) is 0. The zero-order valence-corrected chi connectivity index (χ0v) is 6.71. The maximum absolute atomic E-state index is 5.30. The highest BCUT2D eigenvalue weighted by Crippen LogP contribution is 2.02. The van der Waals surface area contributed by atoms with Gasteiger partial charge in [-0.15, -0.1) is 10.2 Å². The lowest BCUT2D eigenvalue weighted by atomic mass is 10.2. The molecule has 0 aliphatic heterocycles. The van der Waals surface area contributed by atoms with Gasteiger partial charge in [-0.05, 0) is 6.42 Å². The van der Waals surface area contributed by atoms with Crippen LogP contribution in [0.1, 0.15) is 31.5 Å². The van der Waals surface area contributed by atoms with Crippen LogP contribution in [0.25, 0.3) is 0 Å². The molecule has 0 fully saturated rings. The average Bonchev–Trinajstić information content (AvgIpc) is 2.48. The fraction of sp³-hybridized carbons (Fsp3) is 0.714. The summed E-state index contributed by atoms with van der Waals surface area (Å²) in [4.78, 5) is 0. The predicted octanol–water partition coefficient (Wildman–Crippen LogP) is 0.871. The quantitative estimate of drug-likeness (QED) is 0.700. The molecule has 0 aliphatic carbocycles. The van der Waals surface area contributed by atoms with Crippen molar-refractivity contribution >= 4 is 0 Å². The summed E-state index contributed by atoms with van der Waals surface area (Å²) in [5, 5.41) is 7.57. The third-order valence-electron chi connectivity index (χ3n) is 1.43. The van der Waals surface area contributed by atoms with E-state index in [1.807, 2.05) is 0 Å². The molecule has 0 saturated carbocycles. The van der Waals surface area contributed by atoms with E-state index < -0.39 is 0 Å². The molecule has 1 heterocycles. The maximum atomic E-state index is 5.30. The molecule has 11 heavy (non-hydrogen) atoms. The monoisotopic (exact) mass is 155 g/mol. The van der Waals surface area contributed by atoms with Crippen LogP contribution in [-0.2, 0) is 13.0 Å². The summed E-state index contributed by atoms with van der Waals surface area (Å²) >= 11 is 0. The van der Waals surface area contributed by atoms with Crippen LogP contribution >= 0.6 is 0 Å². The van der Waals surface area contributed by atoms with Gasteiger partial charge in [0.1, 0.15) is 0 Å². The van der Waals surface area contributed by atoms with Crippen LogP contribution in [0.2, 0.25) is 0 Å². The van der Waals surface area contributed by atoms with Crippen LogP contribution in [0.3, 0.4) is 0 Å². The van der Waals surface area contributed by atoms with E-state index in [4.69, 9.17) is 10.2 Å². The summed E-state index contributed by atoms with van der Waals surface area (Å²) in [6, 6.07) is 0. The molecule has 4 heteroatoms. The van der Waals surface area contributed by atoms with Crippen LogP contribution in [-0.4, -0.2) is 10.2 Å². The second-order valence-corrected chi connectivity index (χ2v) is 2.40. The smallest absolute Gasteiger partial charge is 0.230 e. The number of nitrogens with two attached hydrogens (primary N) is 1. The molecular formula is C7H13N3O. The van der Waals surface area contributed by atoms with Crippen molar-refractivity contribution in [3.63, 3.8) is 0 Å². The Morgan fingerprint density at radius 3 is 2.64 bits per heavy atom. The zero-order valence-electron chi connectivity index (χ0n) is 6.71. The van der Waals surface area contributed by atoms with Gasteiger partial charge in [0.2, 0.25) is 11.8 Å². The van der Waals surface area contributed by atoms with Gasteiger partial charge in [-0.25, -0.2) is 0 Å². The van der Waals surface area contributed by atoms with Gasteiger partial charge in [0.25, 0.3) is 0 Å². The van der Waals surface area contributed by atoms with Gasteiger partial charge in [-0.1, -0.05) is 13.3 Å². The van der Waals surface area contributed by atoms with E-state index in [9.17, 15) is 0 Å². The third kappa shape index (κ3) is 2.31. The highest BCUT2D eigenvalue weighted by molar-refractivity contribution is 4.80. The van der Waals surface area contributed by atoms with Crippen molar-refractivity contribution < 1.29 is 4.42 Å². The van der Waals surface area contributed by atoms with E-state index in [1.165, 1.54) is 0 Å². The summed E-state index contributed by atoms with van der Waals surface area (Å²) in [6.45, 7) is 2.46. The van der Waals surface area contributed by atoms with E-state index in [2.05, 4.69) is 17.1 Å². The lowest BCUT2D eigenvalue weighted by Gasteiger charge is -1.88. The van der Waals surface area contributed by atoms with Crippen molar-refractivity contribution in [3.05, 3.63) is 11.8 Å². The lowest BCUT2D eigenvalue weighted by molar-refractivity contribution is 0.445. The van der Waals surface area contributed by atoms with Crippen LogP contribution in [0.15, 0.2) is 4.42 Å². The first kappa shape index (κ1) is 8.20. The second-order valence-electron chi connectivity index (χ2n) is 2.40. The summed E-state index contributed by atoms with van der Waals surface area (Å²) in [5.74, 6) is 1.23. The summed E-state index contributed by atoms with van der Waals surface area (Å²) in [6.07, 6.45) is 3.09. The molecule has 0 aromatic carbocycles. The molecule has 0 amide bonds. The van der Waals surface area contributed by atoms with Crippen LogP contribution in [0, 0.1) is 0 Å². The molecule has 4 nitrogen and oxygen atoms in total. The molecule has 1 aromatic heterocycles. The fourth-order valence-corrected chi connectivity index (χ4v) is 0.800. The summed E-state index contributed by atoms with van der Waals surface area (Å²) < 4.78 is 5.19. The van der Waals surface area contributed by atoms with Crippen molar-refractivity contribution in [2.24, 2.45) is 5.73 Å². The third-order valence-corrected chi connectivity index (χ3v) is 1.43. The topological polar surface area (TPSA) is 64.9 Å². The number of nitrogens with zero attached hydrogens (tertiary/aromatic N) is 2. The average molecular weight is 155 g/mol. The van der Waals surface area contributed by atoms with Crippen molar-refractivity contribution in [1.29, 1.82) is 0 Å². The fourth-order valence-electron chi connectivity index (χ4n) is 0.800. The molecule has 0 spiro atoms. The zero-order chi connectivity index (χ0) is 8.10. The molecule has 0 aliphatic rings. The Labute approximate surface area is 65.8 Å². The van der Waals surface area contributed by atoms with Gasteiger partial charge >= 0.3 is 0 Å². The molecule has 62 valence electrons. The standard InChI is InChI=1S/C7H13N3O/c1-2-3-4-6-9-10-7(5-8)11-6/h2-5,8H2,1H3. The molecule has 0 radical (unpaired) electrons. The van der Waals surface area contributed by atoms with Crippen LogP contribution in [0.4, 0.5) is 0 Å². The Morgan fingerprint density at radius 2 is 2.09 bits per heavy atom.